The fraction of sp³-hybridized carbons (Fsp3) is 0.133. The molecule has 0 aliphatic heterocycles. The van der Waals surface area contributed by atoms with Gasteiger partial charge < -0.3 is 5.11 Å². The van der Waals surface area contributed by atoms with Crippen molar-refractivity contribution in [3.63, 3.8) is 0 Å². The molecule has 0 spiro atoms. The summed E-state index contributed by atoms with van der Waals surface area (Å²) in [5.41, 5.74) is 1.78. The van der Waals surface area contributed by atoms with Gasteiger partial charge in [0.25, 0.3) is 0 Å². The van der Waals surface area contributed by atoms with E-state index in [2.05, 4.69) is 0 Å². The molecule has 19 heavy (non-hydrogen) atoms. The molecule has 0 bridgehead atoms. The molecular weight excluding hydrogens is 358 g/mol. The van der Waals surface area contributed by atoms with Crippen molar-refractivity contribution in [2.45, 2.75) is 12.8 Å². The van der Waals surface area contributed by atoms with Crippen LogP contribution in [0.4, 0.5) is 4.39 Å². The lowest BCUT2D eigenvalue weighted by Crippen LogP contribution is -2.10. The second kappa shape index (κ2) is 5.69. The van der Waals surface area contributed by atoms with Crippen LogP contribution in [0.2, 0.25) is 0 Å². The molecule has 98 valence electrons. The number of carbonyl (C=O) groups is 1. The van der Waals surface area contributed by atoms with E-state index >= 15 is 0 Å². The maximum Gasteiger partial charge on any atom is 0.310 e. The number of halogens is 2. The predicted molar refractivity (Wildman–Crippen MR) is 80.6 cm³/mol. The Bertz CT molecular complexity index is 611. The summed E-state index contributed by atoms with van der Waals surface area (Å²) in [6, 6.07) is 12.5. The highest BCUT2D eigenvalue weighted by Crippen LogP contribution is 2.31. The molecule has 0 aliphatic carbocycles. The van der Waals surface area contributed by atoms with Gasteiger partial charge in [-0.2, -0.15) is 0 Å². The van der Waals surface area contributed by atoms with Crippen LogP contribution >= 0.6 is 22.6 Å². The standard InChI is InChI=1S/C15H12FIO2/c1-9(15(18)19)11-7-8-12(13(16)14(11)17)10-5-3-2-4-6-10/h2-9H,1H3,(H,18,19). The first kappa shape index (κ1) is 14.0. The molecule has 0 saturated carbocycles. The van der Waals surface area contributed by atoms with Gasteiger partial charge in [-0.1, -0.05) is 42.5 Å². The van der Waals surface area contributed by atoms with Gasteiger partial charge in [-0.15, -0.1) is 0 Å². The number of hydrogen-bond donors (Lipinski definition) is 1. The van der Waals surface area contributed by atoms with E-state index in [0.717, 1.165) is 5.56 Å². The summed E-state index contributed by atoms with van der Waals surface area (Å²) in [7, 11) is 0. The highest BCUT2D eigenvalue weighted by molar-refractivity contribution is 14.1. The highest BCUT2D eigenvalue weighted by Gasteiger charge is 2.20. The van der Waals surface area contributed by atoms with Gasteiger partial charge in [0.05, 0.1) is 9.49 Å². The Morgan fingerprint density at radius 2 is 1.84 bits per heavy atom. The van der Waals surface area contributed by atoms with Crippen LogP contribution in [0.3, 0.4) is 0 Å². The third-order valence-corrected chi connectivity index (χ3v) is 4.13. The SMILES string of the molecule is CC(C(=O)O)c1ccc(-c2ccccc2)c(F)c1I. The van der Waals surface area contributed by atoms with Gasteiger partial charge in [0.1, 0.15) is 5.82 Å². The van der Waals surface area contributed by atoms with E-state index in [1.807, 2.05) is 52.9 Å². The molecule has 1 unspecified atom stereocenters. The summed E-state index contributed by atoms with van der Waals surface area (Å²) >= 11 is 1.87. The zero-order valence-corrected chi connectivity index (χ0v) is 12.4. The third kappa shape index (κ3) is 2.78. The molecule has 0 saturated heterocycles. The predicted octanol–water partition coefficient (Wildman–Crippen LogP) is 4.29. The van der Waals surface area contributed by atoms with Crippen LogP contribution in [0.15, 0.2) is 42.5 Å². The minimum Gasteiger partial charge on any atom is -0.481 e. The highest BCUT2D eigenvalue weighted by atomic mass is 127. The van der Waals surface area contributed by atoms with Gasteiger partial charge in [-0.05, 0) is 40.6 Å². The van der Waals surface area contributed by atoms with E-state index in [0.29, 0.717) is 14.7 Å². The molecule has 0 aliphatic rings. The van der Waals surface area contributed by atoms with Gasteiger partial charge >= 0.3 is 5.97 Å². The van der Waals surface area contributed by atoms with Crippen LogP contribution in [0.5, 0.6) is 0 Å². The fourth-order valence-corrected chi connectivity index (χ4v) is 2.81. The Balaban J connectivity index is 2.52. The normalized spacial score (nSPS) is 12.2. The lowest BCUT2D eigenvalue weighted by Gasteiger charge is -2.13. The van der Waals surface area contributed by atoms with Crippen LogP contribution in [0.1, 0.15) is 18.4 Å². The maximum atomic E-state index is 14.4. The molecule has 0 radical (unpaired) electrons. The van der Waals surface area contributed by atoms with Gasteiger partial charge in [-0.3, -0.25) is 4.79 Å². The van der Waals surface area contributed by atoms with Gasteiger partial charge in [0.15, 0.2) is 0 Å². The van der Waals surface area contributed by atoms with Crippen LogP contribution in [-0.2, 0) is 4.79 Å². The smallest absolute Gasteiger partial charge is 0.310 e. The van der Waals surface area contributed by atoms with Gasteiger partial charge in [0.2, 0.25) is 0 Å². The number of carboxylic acids is 1. The first-order valence-electron chi connectivity index (χ1n) is 5.78. The molecule has 0 aromatic heterocycles. The monoisotopic (exact) mass is 370 g/mol. The van der Waals surface area contributed by atoms with E-state index in [1.165, 1.54) is 0 Å². The Kier molecular flexibility index (Phi) is 4.19. The van der Waals surface area contributed by atoms with Crippen molar-refractivity contribution < 1.29 is 14.3 Å². The minimum absolute atomic E-state index is 0.364. The second-order valence-corrected chi connectivity index (χ2v) is 5.34. The molecule has 0 heterocycles. The van der Waals surface area contributed by atoms with Crippen LogP contribution in [0, 0.1) is 9.39 Å². The first-order valence-corrected chi connectivity index (χ1v) is 6.86. The van der Waals surface area contributed by atoms with E-state index in [9.17, 15) is 9.18 Å². The van der Waals surface area contributed by atoms with Crippen molar-refractivity contribution >= 4 is 28.6 Å². The van der Waals surface area contributed by atoms with Crippen molar-refractivity contribution in [1.82, 2.24) is 0 Å². The second-order valence-electron chi connectivity index (χ2n) is 4.26. The molecule has 2 aromatic carbocycles. The molecule has 0 amide bonds. The van der Waals surface area contributed by atoms with Crippen molar-refractivity contribution in [3.05, 3.63) is 57.4 Å². The number of rotatable bonds is 3. The lowest BCUT2D eigenvalue weighted by molar-refractivity contribution is -0.138. The third-order valence-electron chi connectivity index (χ3n) is 3.03. The van der Waals surface area contributed by atoms with Crippen molar-refractivity contribution in [2.24, 2.45) is 0 Å². The molecule has 0 fully saturated rings. The summed E-state index contributed by atoms with van der Waals surface area (Å²) in [4.78, 5) is 11.0. The van der Waals surface area contributed by atoms with Crippen molar-refractivity contribution in [2.75, 3.05) is 0 Å². The van der Waals surface area contributed by atoms with E-state index < -0.39 is 11.9 Å². The van der Waals surface area contributed by atoms with E-state index in [1.54, 1.807) is 19.1 Å². The maximum absolute atomic E-state index is 14.4. The Labute approximate surface area is 124 Å². The molecule has 2 rings (SSSR count). The molecule has 2 aromatic rings. The Hall–Kier alpha value is -1.43. The van der Waals surface area contributed by atoms with Gasteiger partial charge in [0, 0.05) is 5.56 Å². The average Bonchev–Trinajstić information content (AvgIpc) is 2.42. The van der Waals surface area contributed by atoms with E-state index in [4.69, 9.17) is 5.11 Å². The zero-order chi connectivity index (χ0) is 14.0. The Morgan fingerprint density at radius 3 is 2.42 bits per heavy atom. The van der Waals surface area contributed by atoms with Crippen LogP contribution in [-0.4, -0.2) is 11.1 Å². The summed E-state index contributed by atoms with van der Waals surface area (Å²) in [5, 5.41) is 9.01. The summed E-state index contributed by atoms with van der Waals surface area (Å²) in [6.07, 6.45) is 0. The number of benzene rings is 2. The summed E-state index contributed by atoms with van der Waals surface area (Å²) in [6.45, 7) is 1.56. The number of aliphatic carboxylic acids is 1. The molecule has 1 atom stereocenters. The van der Waals surface area contributed by atoms with Crippen molar-refractivity contribution in [1.29, 1.82) is 0 Å². The van der Waals surface area contributed by atoms with Crippen LogP contribution < -0.4 is 0 Å². The molecule has 4 heteroatoms. The number of hydrogen-bond acceptors (Lipinski definition) is 1. The topological polar surface area (TPSA) is 37.3 Å². The average molecular weight is 370 g/mol. The Morgan fingerprint density at radius 1 is 1.21 bits per heavy atom. The summed E-state index contributed by atoms with van der Waals surface area (Å²) in [5.74, 6) is -2.03. The number of carboxylic acid groups (broad SMARTS) is 1. The van der Waals surface area contributed by atoms with Crippen LogP contribution in [0.25, 0.3) is 11.1 Å². The lowest BCUT2D eigenvalue weighted by atomic mass is 9.97. The largest absolute Gasteiger partial charge is 0.481 e. The molecule has 1 N–H and O–H groups in total. The summed E-state index contributed by atoms with van der Waals surface area (Å²) < 4.78 is 14.7. The van der Waals surface area contributed by atoms with Gasteiger partial charge in [-0.25, -0.2) is 4.39 Å². The van der Waals surface area contributed by atoms with Crippen molar-refractivity contribution in [3.8, 4) is 11.1 Å². The van der Waals surface area contributed by atoms with E-state index in [-0.39, 0.29) is 5.82 Å². The first-order chi connectivity index (χ1) is 9.02. The fourth-order valence-electron chi connectivity index (χ4n) is 1.87. The minimum atomic E-state index is -0.954. The quantitative estimate of drug-likeness (QED) is 0.819. The zero-order valence-electron chi connectivity index (χ0n) is 10.2. The molecular formula is C15H12FIO2. The molecule has 2 nitrogen and oxygen atoms in total.